The summed E-state index contributed by atoms with van der Waals surface area (Å²) in [4.78, 5) is 25.9. The number of thioether (sulfide) groups is 1. The lowest BCUT2D eigenvalue weighted by Gasteiger charge is -2.16. The molecular formula is C26H24ClF2N7O2S. The van der Waals surface area contributed by atoms with Gasteiger partial charge in [-0.3, -0.25) is 20.3 Å². The fraction of sp³-hybridized carbons (Fsp3) is 0.192. The molecule has 0 radical (unpaired) electrons. The summed E-state index contributed by atoms with van der Waals surface area (Å²) in [5.74, 6) is 6.32. The van der Waals surface area contributed by atoms with Crippen LogP contribution < -0.4 is 16.0 Å². The number of ether oxygens (including phenoxy) is 1. The van der Waals surface area contributed by atoms with E-state index in [-0.39, 0.29) is 5.94 Å². The maximum atomic E-state index is 13.3. The molecule has 0 bridgehead atoms. The molecule has 1 aromatic carbocycles. The van der Waals surface area contributed by atoms with Crippen molar-refractivity contribution in [3.63, 3.8) is 0 Å². The molecule has 3 aromatic rings. The fourth-order valence-corrected chi connectivity index (χ4v) is 3.88. The summed E-state index contributed by atoms with van der Waals surface area (Å²) in [5, 5.41) is 0.825. The second kappa shape index (κ2) is 14.2. The van der Waals surface area contributed by atoms with Crippen molar-refractivity contribution in [2.24, 2.45) is 15.7 Å². The number of pyridine rings is 1. The van der Waals surface area contributed by atoms with Crippen molar-refractivity contribution >= 4 is 47.3 Å². The van der Waals surface area contributed by atoms with E-state index in [2.05, 4.69) is 49.0 Å². The van der Waals surface area contributed by atoms with Gasteiger partial charge in [0, 0.05) is 28.9 Å². The molecule has 0 fully saturated rings. The van der Waals surface area contributed by atoms with Gasteiger partial charge in [-0.15, -0.1) is 0 Å². The monoisotopic (exact) mass is 571 g/mol. The van der Waals surface area contributed by atoms with Crippen LogP contribution in [0.2, 0.25) is 5.02 Å². The van der Waals surface area contributed by atoms with Crippen molar-refractivity contribution in [1.82, 2.24) is 15.0 Å². The lowest BCUT2D eigenvalue weighted by Crippen LogP contribution is -2.04. The first-order valence-electron chi connectivity index (χ1n) is 11.1. The molecular weight excluding hydrogens is 548 g/mol. The maximum Gasteiger partial charge on any atom is 0.280 e. The molecule has 0 aliphatic carbocycles. The van der Waals surface area contributed by atoms with E-state index >= 15 is 0 Å². The molecule has 0 spiro atoms. The molecule has 202 valence electrons. The largest absolute Gasteiger partial charge is 0.494 e. The number of rotatable bonds is 10. The number of anilines is 1. The Kier molecular flexibility index (Phi) is 10.7. The summed E-state index contributed by atoms with van der Waals surface area (Å²) in [6.07, 6.45) is 1.59. The third kappa shape index (κ3) is 8.22. The van der Waals surface area contributed by atoms with Gasteiger partial charge in [-0.25, -0.2) is 23.7 Å². The Bertz CT molecular complexity index is 1470. The van der Waals surface area contributed by atoms with Gasteiger partial charge in [0.15, 0.2) is 5.82 Å². The third-order valence-electron chi connectivity index (χ3n) is 4.96. The summed E-state index contributed by atoms with van der Waals surface area (Å²) in [7, 11) is 3.08. The van der Waals surface area contributed by atoms with Crippen LogP contribution in [0.4, 0.5) is 20.3 Å². The fourth-order valence-electron chi connectivity index (χ4n) is 3.07. The lowest BCUT2D eigenvalue weighted by molar-refractivity contribution is 0.146. The van der Waals surface area contributed by atoms with Crippen molar-refractivity contribution in [3.05, 3.63) is 64.8 Å². The zero-order valence-electron chi connectivity index (χ0n) is 21.2. The average molecular weight is 572 g/mol. The molecule has 0 unspecified atom stereocenters. The predicted molar refractivity (Wildman–Crippen MR) is 151 cm³/mol. The smallest absolute Gasteiger partial charge is 0.280 e. The highest BCUT2D eigenvalue weighted by Gasteiger charge is 2.17. The second-order valence-electron chi connectivity index (χ2n) is 7.57. The molecule has 3 rings (SSSR count). The van der Waals surface area contributed by atoms with Crippen LogP contribution in [0.1, 0.15) is 24.7 Å². The van der Waals surface area contributed by atoms with Crippen LogP contribution in [0.15, 0.2) is 63.4 Å². The molecule has 2 aromatic heterocycles. The van der Waals surface area contributed by atoms with Gasteiger partial charge in [0.1, 0.15) is 28.1 Å². The van der Waals surface area contributed by atoms with Crippen LogP contribution in [-0.2, 0) is 4.84 Å². The topological polar surface area (TPSA) is 120 Å². The zero-order valence-corrected chi connectivity index (χ0v) is 22.8. The van der Waals surface area contributed by atoms with Crippen LogP contribution >= 0.6 is 23.4 Å². The molecule has 9 nitrogen and oxygen atoms in total. The Morgan fingerprint density at radius 2 is 2.08 bits per heavy atom. The maximum absolute atomic E-state index is 13.3. The van der Waals surface area contributed by atoms with E-state index in [0.29, 0.717) is 49.8 Å². The first-order valence-corrected chi connectivity index (χ1v) is 12.5. The SMILES string of the molecule is C=Nc1ncc(C#C/C(N)=C/C(C)=NC)nc1SCONc1ccc(Cl)cc1-c1cc(C(F)F)ncc1OC. The van der Waals surface area contributed by atoms with Gasteiger partial charge in [-0.1, -0.05) is 23.4 Å². The van der Waals surface area contributed by atoms with E-state index in [1.807, 2.05) is 6.92 Å². The van der Waals surface area contributed by atoms with E-state index in [0.717, 1.165) is 5.71 Å². The predicted octanol–water partition coefficient (Wildman–Crippen LogP) is 5.85. The van der Waals surface area contributed by atoms with Gasteiger partial charge in [-0.2, -0.15) is 0 Å². The molecule has 39 heavy (non-hydrogen) atoms. The average Bonchev–Trinajstić information content (AvgIpc) is 2.94. The minimum Gasteiger partial charge on any atom is -0.494 e. The van der Waals surface area contributed by atoms with E-state index in [4.69, 9.17) is 26.9 Å². The highest BCUT2D eigenvalue weighted by molar-refractivity contribution is 7.99. The molecule has 0 amide bonds. The molecule has 0 atom stereocenters. The van der Waals surface area contributed by atoms with Gasteiger partial charge >= 0.3 is 0 Å². The number of hydrogen-bond acceptors (Lipinski definition) is 10. The van der Waals surface area contributed by atoms with Crippen LogP contribution in [-0.4, -0.2) is 47.5 Å². The van der Waals surface area contributed by atoms with E-state index in [1.54, 1.807) is 31.3 Å². The van der Waals surface area contributed by atoms with E-state index in [1.165, 1.54) is 37.3 Å². The van der Waals surface area contributed by atoms with Gasteiger partial charge in [-0.05, 0) is 55.8 Å². The number of nitrogens with one attached hydrogen (secondary N) is 1. The number of aromatic nitrogens is 3. The minimum absolute atomic E-state index is 0.0696. The van der Waals surface area contributed by atoms with Gasteiger partial charge in [0.2, 0.25) is 0 Å². The number of allylic oxidation sites excluding steroid dienone is 2. The molecule has 0 saturated carbocycles. The van der Waals surface area contributed by atoms with E-state index in [9.17, 15) is 8.78 Å². The number of methoxy groups -OCH3 is 1. The highest BCUT2D eigenvalue weighted by atomic mass is 35.5. The van der Waals surface area contributed by atoms with Crippen LogP contribution in [0.25, 0.3) is 11.1 Å². The number of nitrogens with zero attached hydrogens (tertiary/aromatic N) is 5. The first-order chi connectivity index (χ1) is 18.7. The molecule has 2 heterocycles. The van der Waals surface area contributed by atoms with Crippen LogP contribution in [0.3, 0.4) is 0 Å². The van der Waals surface area contributed by atoms with Gasteiger partial charge in [0.25, 0.3) is 6.43 Å². The van der Waals surface area contributed by atoms with Gasteiger partial charge < -0.3 is 10.5 Å². The summed E-state index contributed by atoms with van der Waals surface area (Å²) in [6.45, 7) is 5.33. The normalized spacial score (nSPS) is 11.7. The first kappa shape index (κ1) is 29.5. The Morgan fingerprint density at radius 1 is 1.28 bits per heavy atom. The minimum atomic E-state index is -2.76. The molecule has 0 saturated heterocycles. The van der Waals surface area contributed by atoms with Crippen molar-refractivity contribution in [2.75, 3.05) is 25.6 Å². The molecule has 3 N–H and O–H groups in total. The Balaban J connectivity index is 1.77. The van der Waals surface area contributed by atoms with Crippen molar-refractivity contribution < 1.29 is 18.4 Å². The summed E-state index contributed by atoms with van der Waals surface area (Å²) in [5.41, 5.74) is 11.1. The number of halogens is 3. The number of alkyl halides is 2. The standard InChI is InChI=1S/C26H24ClF2N7O2S/c1-15(31-2)9-17(30)6-7-18-12-34-25(32-3)26(35-18)39-14-38-36-21-8-5-16(27)10-19(21)20-11-22(24(28)29)33-13-23(20)37-4/h5,8-13,24,36H,3,14,30H2,1-2,4H3/b17-9-,31-15?. The quantitative estimate of drug-likeness (QED) is 0.0776. The van der Waals surface area contributed by atoms with Crippen molar-refractivity contribution in [3.8, 4) is 28.7 Å². The number of benzene rings is 1. The Hall–Kier alpha value is -4.05. The summed E-state index contributed by atoms with van der Waals surface area (Å²) in [6, 6.07) is 6.14. The second-order valence-corrected chi connectivity index (χ2v) is 8.91. The summed E-state index contributed by atoms with van der Waals surface area (Å²) >= 11 is 7.38. The lowest BCUT2D eigenvalue weighted by atomic mass is 10.0. The number of nitrogens with two attached hydrogens (primary N) is 1. The van der Waals surface area contributed by atoms with Crippen molar-refractivity contribution in [2.45, 2.75) is 18.4 Å². The van der Waals surface area contributed by atoms with E-state index < -0.39 is 12.1 Å². The number of hydrogen-bond donors (Lipinski definition) is 2. The van der Waals surface area contributed by atoms with Crippen molar-refractivity contribution in [1.29, 1.82) is 0 Å². The third-order valence-corrected chi connectivity index (χ3v) is 5.98. The number of aliphatic imine (C=N–C) groups is 2. The molecule has 13 heteroatoms. The Morgan fingerprint density at radius 3 is 2.77 bits per heavy atom. The molecule has 0 aliphatic heterocycles. The van der Waals surface area contributed by atoms with Crippen LogP contribution in [0.5, 0.6) is 5.75 Å². The zero-order chi connectivity index (χ0) is 28.4. The Labute approximate surface area is 233 Å². The van der Waals surface area contributed by atoms with Gasteiger partial charge in [0.05, 0.1) is 30.9 Å². The molecule has 0 aliphatic rings. The summed E-state index contributed by atoms with van der Waals surface area (Å²) < 4.78 is 32.0. The van der Waals surface area contributed by atoms with Crippen LogP contribution in [0, 0.1) is 11.8 Å². The highest BCUT2D eigenvalue weighted by Crippen LogP contribution is 2.38.